The molecule has 0 aliphatic carbocycles. The third kappa shape index (κ3) is 6.81. The van der Waals surface area contributed by atoms with Gasteiger partial charge in [-0.3, -0.25) is 0 Å². The Kier molecular flexibility index (Phi) is 7.59. The van der Waals surface area contributed by atoms with Gasteiger partial charge < -0.3 is 29.2 Å². The Morgan fingerprint density at radius 2 is 0.548 bits per heavy atom. The van der Waals surface area contributed by atoms with Gasteiger partial charge in [0, 0.05) is 12.1 Å². The number of benzene rings is 6. The summed E-state index contributed by atoms with van der Waals surface area (Å²) in [6.07, 6.45) is 0. The van der Waals surface area contributed by atoms with Crippen molar-refractivity contribution in [3.8, 4) is 68.6 Å². The highest BCUT2D eigenvalue weighted by Gasteiger charge is 2.06. The first-order valence-corrected chi connectivity index (χ1v) is 13.3. The molecule has 0 bridgehead atoms. The molecule has 6 rings (SSSR count). The quantitative estimate of drug-likeness (QED) is 0.185. The van der Waals surface area contributed by atoms with Crippen LogP contribution in [0.3, 0.4) is 0 Å². The maximum absolute atomic E-state index is 9.45. The SMILES string of the molecule is Oc1ccc(Oc2cccc(Oc3ccc(-c4ccc(Oc5cccc(Oc6ccc(O)cc6)c5)cc4)cc3)c2)cc1. The highest BCUT2D eigenvalue weighted by Crippen LogP contribution is 2.32. The molecule has 0 atom stereocenters. The number of hydrogen-bond donors (Lipinski definition) is 2. The van der Waals surface area contributed by atoms with Crippen molar-refractivity contribution in [3.63, 3.8) is 0 Å². The third-order valence-electron chi connectivity index (χ3n) is 6.27. The Hall–Kier alpha value is -5.88. The molecular formula is C36H26O6. The predicted octanol–water partition coefficient (Wildman–Crippen LogP) is 9.93. The molecule has 6 heteroatoms. The molecule has 42 heavy (non-hydrogen) atoms. The summed E-state index contributed by atoms with van der Waals surface area (Å²) in [5, 5.41) is 18.9. The van der Waals surface area contributed by atoms with E-state index >= 15 is 0 Å². The van der Waals surface area contributed by atoms with Crippen molar-refractivity contribution in [1.82, 2.24) is 0 Å². The lowest BCUT2D eigenvalue weighted by Crippen LogP contribution is -1.88. The monoisotopic (exact) mass is 554 g/mol. The van der Waals surface area contributed by atoms with E-state index in [9.17, 15) is 10.2 Å². The van der Waals surface area contributed by atoms with E-state index < -0.39 is 0 Å². The van der Waals surface area contributed by atoms with Crippen molar-refractivity contribution >= 4 is 0 Å². The molecule has 2 N–H and O–H groups in total. The van der Waals surface area contributed by atoms with Crippen LogP contribution in [0.1, 0.15) is 0 Å². The molecule has 6 aromatic rings. The molecule has 0 aromatic heterocycles. The minimum absolute atomic E-state index is 0.187. The Morgan fingerprint density at radius 1 is 0.286 bits per heavy atom. The molecule has 6 nitrogen and oxygen atoms in total. The van der Waals surface area contributed by atoms with E-state index in [1.807, 2.05) is 97.1 Å². The Labute approximate surface area is 243 Å². The molecule has 0 radical (unpaired) electrons. The molecule has 0 fully saturated rings. The maximum atomic E-state index is 9.45. The van der Waals surface area contributed by atoms with Crippen LogP contribution in [0, 0.1) is 0 Å². The molecule has 0 spiro atoms. The number of rotatable bonds is 9. The van der Waals surface area contributed by atoms with Gasteiger partial charge in [-0.05, 0) is 108 Å². The zero-order chi connectivity index (χ0) is 28.7. The molecule has 0 aliphatic rings. The van der Waals surface area contributed by atoms with Gasteiger partial charge in [0.15, 0.2) is 0 Å². The largest absolute Gasteiger partial charge is 0.508 e. The van der Waals surface area contributed by atoms with E-state index in [1.165, 1.54) is 0 Å². The van der Waals surface area contributed by atoms with Crippen molar-refractivity contribution in [3.05, 3.63) is 146 Å². The van der Waals surface area contributed by atoms with Crippen molar-refractivity contribution in [2.24, 2.45) is 0 Å². The highest BCUT2D eigenvalue weighted by atomic mass is 16.5. The fraction of sp³-hybridized carbons (Fsp3) is 0. The van der Waals surface area contributed by atoms with Gasteiger partial charge >= 0.3 is 0 Å². The molecule has 206 valence electrons. The summed E-state index contributed by atoms with van der Waals surface area (Å²) in [4.78, 5) is 0. The van der Waals surface area contributed by atoms with Crippen LogP contribution < -0.4 is 18.9 Å². The summed E-state index contributed by atoms with van der Waals surface area (Å²) in [5.74, 6) is 5.60. The van der Waals surface area contributed by atoms with Gasteiger partial charge in [0.05, 0.1) is 0 Å². The zero-order valence-corrected chi connectivity index (χ0v) is 22.4. The summed E-state index contributed by atoms with van der Waals surface area (Å²) in [5.41, 5.74) is 2.09. The van der Waals surface area contributed by atoms with E-state index in [2.05, 4.69) is 0 Å². The van der Waals surface area contributed by atoms with Crippen LogP contribution in [0.15, 0.2) is 146 Å². The van der Waals surface area contributed by atoms with Crippen LogP contribution in [0.2, 0.25) is 0 Å². The average molecular weight is 555 g/mol. The third-order valence-corrected chi connectivity index (χ3v) is 6.27. The van der Waals surface area contributed by atoms with Gasteiger partial charge in [-0.25, -0.2) is 0 Å². The van der Waals surface area contributed by atoms with Crippen molar-refractivity contribution in [2.45, 2.75) is 0 Å². The number of phenolic OH excluding ortho intramolecular Hbond substituents is 2. The molecule has 0 aliphatic heterocycles. The van der Waals surface area contributed by atoms with Gasteiger partial charge in [0.2, 0.25) is 0 Å². The van der Waals surface area contributed by atoms with Crippen LogP contribution >= 0.6 is 0 Å². The van der Waals surface area contributed by atoms with Gasteiger partial charge in [0.25, 0.3) is 0 Å². The zero-order valence-electron chi connectivity index (χ0n) is 22.4. The van der Waals surface area contributed by atoms with Crippen molar-refractivity contribution in [2.75, 3.05) is 0 Å². The maximum Gasteiger partial charge on any atom is 0.131 e. The Balaban J connectivity index is 1.07. The summed E-state index contributed by atoms with van der Waals surface area (Å²) in [6, 6.07) is 43.6. The standard InChI is InChI=1S/C36H26O6/c37-27-11-19-31(20-12-27)41-35-5-1-3-33(23-35)39-29-15-7-25(8-16-29)26-9-17-30(18-10-26)40-34-4-2-6-36(24-34)42-32-21-13-28(38)14-22-32/h1-24,37-38H. The Bertz CT molecular complexity index is 1630. The lowest BCUT2D eigenvalue weighted by atomic mass is 10.1. The highest BCUT2D eigenvalue weighted by molar-refractivity contribution is 5.65. The predicted molar refractivity (Wildman–Crippen MR) is 161 cm³/mol. The van der Waals surface area contributed by atoms with E-state index in [0.29, 0.717) is 46.0 Å². The second kappa shape index (κ2) is 12.1. The number of ether oxygens (including phenoxy) is 4. The van der Waals surface area contributed by atoms with E-state index in [-0.39, 0.29) is 11.5 Å². The second-order valence-corrected chi connectivity index (χ2v) is 9.39. The first kappa shape index (κ1) is 26.3. The number of phenols is 2. The van der Waals surface area contributed by atoms with Crippen LogP contribution in [0.5, 0.6) is 57.5 Å². The molecule has 6 aromatic carbocycles. The molecule has 0 unspecified atom stereocenters. The van der Waals surface area contributed by atoms with Crippen LogP contribution in [0.25, 0.3) is 11.1 Å². The van der Waals surface area contributed by atoms with Crippen LogP contribution in [0.4, 0.5) is 0 Å². The van der Waals surface area contributed by atoms with Gasteiger partial charge in [-0.2, -0.15) is 0 Å². The van der Waals surface area contributed by atoms with Crippen LogP contribution in [-0.2, 0) is 0 Å². The summed E-state index contributed by atoms with van der Waals surface area (Å²) in [7, 11) is 0. The average Bonchev–Trinajstić information content (AvgIpc) is 3.01. The van der Waals surface area contributed by atoms with Gasteiger partial charge in [0.1, 0.15) is 57.5 Å². The van der Waals surface area contributed by atoms with Gasteiger partial charge in [-0.15, -0.1) is 0 Å². The lowest BCUT2D eigenvalue weighted by Gasteiger charge is -2.11. The minimum atomic E-state index is 0.187. The van der Waals surface area contributed by atoms with E-state index in [1.54, 1.807) is 48.5 Å². The normalized spacial score (nSPS) is 10.6. The first-order chi connectivity index (χ1) is 20.6. The summed E-state index contributed by atoms with van der Waals surface area (Å²) in [6.45, 7) is 0. The van der Waals surface area contributed by atoms with Crippen LogP contribution in [-0.4, -0.2) is 10.2 Å². The molecule has 0 saturated heterocycles. The molecule has 0 saturated carbocycles. The molecular weight excluding hydrogens is 528 g/mol. The lowest BCUT2D eigenvalue weighted by molar-refractivity contribution is 0.455. The summed E-state index contributed by atoms with van der Waals surface area (Å²) < 4.78 is 23.8. The smallest absolute Gasteiger partial charge is 0.131 e. The summed E-state index contributed by atoms with van der Waals surface area (Å²) >= 11 is 0. The van der Waals surface area contributed by atoms with E-state index in [0.717, 1.165) is 11.1 Å². The van der Waals surface area contributed by atoms with Crippen molar-refractivity contribution in [1.29, 1.82) is 0 Å². The van der Waals surface area contributed by atoms with E-state index in [4.69, 9.17) is 18.9 Å². The van der Waals surface area contributed by atoms with Crippen molar-refractivity contribution < 1.29 is 29.2 Å². The topological polar surface area (TPSA) is 77.4 Å². The first-order valence-electron chi connectivity index (χ1n) is 13.3. The Morgan fingerprint density at radius 3 is 0.833 bits per heavy atom. The molecule has 0 amide bonds. The van der Waals surface area contributed by atoms with Gasteiger partial charge in [-0.1, -0.05) is 36.4 Å². The fourth-order valence-corrected chi connectivity index (χ4v) is 4.21. The fourth-order valence-electron chi connectivity index (χ4n) is 4.21. The number of aromatic hydroxyl groups is 2. The second-order valence-electron chi connectivity index (χ2n) is 9.39. The molecule has 0 heterocycles. The number of hydrogen-bond acceptors (Lipinski definition) is 6. The minimum Gasteiger partial charge on any atom is -0.508 e.